The maximum Gasteiger partial charge on any atom is 0.0234 e. The minimum atomic E-state index is 0.718. The van der Waals surface area contributed by atoms with Gasteiger partial charge in [-0.25, -0.2) is 0 Å². The van der Waals surface area contributed by atoms with Gasteiger partial charge in [-0.2, -0.15) is 0 Å². The van der Waals surface area contributed by atoms with Gasteiger partial charge < -0.3 is 11.5 Å². The van der Waals surface area contributed by atoms with Crippen LogP contribution < -0.4 is 11.5 Å². The van der Waals surface area contributed by atoms with Crippen molar-refractivity contribution >= 4 is 0 Å². The lowest BCUT2D eigenvalue weighted by Crippen LogP contribution is -2.30. The normalized spacial score (nSPS) is 10.9. The molecule has 0 saturated carbocycles. The standard InChI is InChI=1S/C13H23N3/c14-8-4-5-10-16(11-9-15)12-13-6-2-1-3-7-13/h1-3,6-7H,4-5,8-12,14-15H2. The molecule has 0 amide bonds. The van der Waals surface area contributed by atoms with Crippen molar-refractivity contribution < 1.29 is 0 Å². The molecule has 0 spiro atoms. The number of benzene rings is 1. The molecule has 0 aromatic heterocycles. The number of nitrogens with two attached hydrogens (primary N) is 2. The zero-order valence-electron chi connectivity index (χ0n) is 9.94. The van der Waals surface area contributed by atoms with E-state index >= 15 is 0 Å². The lowest BCUT2D eigenvalue weighted by atomic mass is 10.2. The molecule has 1 aromatic carbocycles. The number of unbranched alkanes of at least 4 members (excludes halogenated alkanes) is 1. The predicted molar refractivity (Wildman–Crippen MR) is 69.1 cm³/mol. The van der Waals surface area contributed by atoms with Crippen molar-refractivity contribution in [3.63, 3.8) is 0 Å². The molecule has 1 rings (SSSR count). The largest absolute Gasteiger partial charge is 0.330 e. The smallest absolute Gasteiger partial charge is 0.0234 e. The van der Waals surface area contributed by atoms with E-state index < -0.39 is 0 Å². The van der Waals surface area contributed by atoms with Crippen LogP contribution in [0.5, 0.6) is 0 Å². The zero-order valence-corrected chi connectivity index (χ0v) is 9.94. The minimum Gasteiger partial charge on any atom is -0.330 e. The Labute approximate surface area is 98.4 Å². The molecule has 0 aliphatic heterocycles. The summed E-state index contributed by atoms with van der Waals surface area (Å²) in [5.41, 5.74) is 12.5. The molecule has 0 heterocycles. The topological polar surface area (TPSA) is 55.3 Å². The summed E-state index contributed by atoms with van der Waals surface area (Å²) in [7, 11) is 0. The summed E-state index contributed by atoms with van der Waals surface area (Å²) in [5.74, 6) is 0. The van der Waals surface area contributed by atoms with E-state index in [0.29, 0.717) is 0 Å². The second-order valence-electron chi connectivity index (χ2n) is 4.05. The van der Waals surface area contributed by atoms with E-state index in [1.807, 2.05) is 6.07 Å². The molecule has 0 unspecified atom stereocenters. The van der Waals surface area contributed by atoms with Gasteiger partial charge in [-0.1, -0.05) is 30.3 Å². The SMILES string of the molecule is NCCCCN(CCN)Cc1ccccc1. The third-order valence-electron chi connectivity index (χ3n) is 2.62. The molecule has 0 bridgehead atoms. The molecule has 16 heavy (non-hydrogen) atoms. The van der Waals surface area contributed by atoms with Gasteiger partial charge in [0, 0.05) is 19.6 Å². The third kappa shape index (κ3) is 5.26. The van der Waals surface area contributed by atoms with E-state index in [1.165, 1.54) is 5.56 Å². The van der Waals surface area contributed by atoms with E-state index in [4.69, 9.17) is 11.5 Å². The molecule has 3 heteroatoms. The predicted octanol–water partition coefficient (Wildman–Crippen LogP) is 1.19. The first kappa shape index (κ1) is 13.2. The van der Waals surface area contributed by atoms with Crippen LogP contribution in [0.4, 0.5) is 0 Å². The van der Waals surface area contributed by atoms with E-state index in [1.54, 1.807) is 0 Å². The first-order valence-corrected chi connectivity index (χ1v) is 6.03. The van der Waals surface area contributed by atoms with Crippen molar-refractivity contribution in [3.05, 3.63) is 35.9 Å². The van der Waals surface area contributed by atoms with Crippen LogP contribution in [0.25, 0.3) is 0 Å². The van der Waals surface area contributed by atoms with Crippen LogP contribution in [0.2, 0.25) is 0 Å². The van der Waals surface area contributed by atoms with Crippen LogP contribution in [0, 0.1) is 0 Å². The van der Waals surface area contributed by atoms with Gasteiger partial charge in [0.1, 0.15) is 0 Å². The number of hydrogen-bond acceptors (Lipinski definition) is 3. The van der Waals surface area contributed by atoms with Gasteiger partial charge in [-0.3, -0.25) is 4.90 Å². The second-order valence-corrected chi connectivity index (χ2v) is 4.05. The van der Waals surface area contributed by atoms with Gasteiger partial charge in [0.05, 0.1) is 0 Å². The van der Waals surface area contributed by atoms with Crippen molar-refractivity contribution in [2.24, 2.45) is 11.5 Å². The van der Waals surface area contributed by atoms with Crippen LogP contribution in [0.3, 0.4) is 0 Å². The van der Waals surface area contributed by atoms with Crippen molar-refractivity contribution in [3.8, 4) is 0 Å². The Morgan fingerprint density at radius 1 is 0.875 bits per heavy atom. The monoisotopic (exact) mass is 221 g/mol. The van der Waals surface area contributed by atoms with E-state index in [0.717, 1.165) is 45.6 Å². The van der Waals surface area contributed by atoms with E-state index in [9.17, 15) is 0 Å². The average molecular weight is 221 g/mol. The second kappa shape index (κ2) is 8.28. The fourth-order valence-corrected chi connectivity index (χ4v) is 1.77. The van der Waals surface area contributed by atoms with E-state index in [-0.39, 0.29) is 0 Å². The molecule has 0 aliphatic rings. The number of nitrogens with zero attached hydrogens (tertiary/aromatic N) is 1. The van der Waals surface area contributed by atoms with Gasteiger partial charge in [-0.15, -0.1) is 0 Å². The Morgan fingerprint density at radius 2 is 1.62 bits per heavy atom. The molecular weight excluding hydrogens is 198 g/mol. The molecule has 1 aromatic rings. The highest BCUT2D eigenvalue weighted by molar-refractivity contribution is 5.14. The fraction of sp³-hybridized carbons (Fsp3) is 0.538. The van der Waals surface area contributed by atoms with Crippen LogP contribution >= 0.6 is 0 Å². The highest BCUT2D eigenvalue weighted by atomic mass is 15.1. The first-order valence-electron chi connectivity index (χ1n) is 6.03. The van der Waals surface area contributed by atoms with Gasteiger partial charge in [0.15, 0.2) is 0 Å². The molecule has 4 N–H and O–H groups in total. The maximum atomic E-state index is 5.62. The van der Waals surface area contributed by atoms with Crippen LogP contribution in [-0.4, -0.2) is 31.1 Å². The van der Waals surface area contributed by atoms with Gasteiger partial charge in [-0.05, 0) is 31.5 Å². The van der Waals surface area contributed by atoms with Crippen LogP contribution in [0.15, 0.2) is 30.3 Å². The Bertz CT molecular complexity index is 261. The summed E-state index contributed by atoms with van der Waals surface area (Å²) in [6, 6.07) is 10.5. The summed E-state index contributed by atoms with van der Waals surface area (Å²) < 4.78 is 0. The summed E-state index contributed by atoms with van der Waals surface area (Å²) in [6.45, 7) is 4.53. The van der Waals surface area contributed by atoms with Crippen LogP contribution in [0.1, 0.15) is 18.4 Å². The van der Waals surface area contributed by atoms with Gasteiger partial charge in [0.2, 0.25) is 0 Å². The number of rotatable bonds is 8. The Balaban J connectivity index is 2.38. The van der Waals surface area contributed by atoms with Crippen molar-refractivity contribution in [2.75, 3.05) is 26.2 Å². The molecule has 0 fully saturated rings. The lowest BCUT2D eigenvalue weighted by Gasteiger charge is -2.21. The van der Waals surface area contributed by atoms with Crippen molar-refractivity contribution in [1.82, 2.24) is 4.90 Å². The maximum absolute atomic E-state index is 5.62. The van der Waals surface area contributed by atoms with E-state index in [2.05, 4.69) is 29.2 Å². The minimum absolute atomic E-state index is 0.718. The summed E-state index contributed by atoms with van der Waals surface area (Å²) in [6.07, 6.45) is 2.25. The summed E-state index contributed by atoms with van der Waals surface area (Å²) >= 11 is 0. The molecule has 0 atom stereocenters. The first-order chi connectivity index (χ1) is 7.86. The summed E-state index contributed by atoms with van der Waals surface area (Å²) in [5, 5.41) is 0. The number of hydrogen-bond donors (Lipinski definition) is 2. The molecular formula is C13H23N3. The molecule has 0 aliphatic carbocycles. The Kier molecular flexibility index (Phi) is 6.81. The van der Waals surface area contributed by atoms with Gasteiger partial charge >= 0.3 is 0 Å². The lowest BCUT2D eigenvalue weighted by molar-refractivity contribution is 0.267. The van der Waals surface area contributed by atoms with Crippen molar-refractivity contribution in [2.45, 2.75) is 19.4 Å². The summed E-state index contributed by atoms with van der Waals surface area (Å²) in [4.78, 5) is 2.39. The average Bonchev–Trinajstić information content (AvgIpc) is 2.31. The van der Waals surface area contributed by atoms with Gasteiger partial charge in [0.25, 0.3) is 0 Å². The molecule has 90 valence electrons. The highest BCUT2D eigenvalue weighted by Gasteiger charge is 2.04. The Hall–Kier alpha value is -0.900. The molecule has 0 radical (unpaired) electrons. The zero-order chi connectivity index (χ0) is 11.6. The fourth-order valence-electron chi connectivity index (χ4n) is 1.77. The third-order valence-corrected chi connectivity index (χ3v) is 2.62. The van der Waals surface area contributed by atoms with Crippen molar-refractivity contribution in [1.29, 1.82) is 0 Å². The Morgan fingerprint density at radius 3 is 2.25 bits per heavy atom. The highest BCUT2D eigenvalue weighted by Crippen LogP contribution is 2.05. The molecule has 0 saturated heterocycles. The molecule has 3 nitrogen and oxygen atoms in total. The quantitative estimate of drug-likeness (QED) is 0.648. The van der Waals surface area contributed by atoms with Crippen LogP contribution in [-0.2, 0) is 6.54 Å².